The van der Waals surface area contributed by atoms with Crippen LogP contribution < -0.4 is 4.57 Å². The van der Waals surface area contributed by atoms with Crippen LogP contribution in [0.1, 0.15) is 5.56 Å². The number of hydrogen-bond acceptors (Lipinski definition) is 4. The third-order valence-electron chi connectivity index (χ3n) is 3.52. The Balaban J connectivity index is 1.94. The van der Waals surface area contributed by atoms with Crippen LogP contribution in [0.2, 0.25) is 0 Å². The molecule has 4 nitrogen and oxygen atoms in total. The van der Waals surface area contributed by atoms with Crippen LogP contribution in [0.4, 0.5) is 0 Å². The average molecular weight is 266 g/mol. The maximum atomic E-state index is 6.00. The Morgan fingerprint density at radius 2 is 2.05 bits per heavy atom. The minimum Gasteiger partial charge on any atom is -0.385 e. The van der Waals surface area contributed by atoms with Crippen molar-refractivity contribution in [3.8, 4) is 11.6 Å². The Kier molecular flexibility index (Phi) is 1.62. The van der Waals surface area contributed by atoms with Gasteiger partial charge >= 0.3 is 5.89 Å². The summed E-state index contributed by atoms with van der Waals surface area (Å²) in [5, 5.41) is 0. The number of aromatic nitrogens is 3. The van der Waals surface area contributed by atoms with E-state index in [0.717, 1.165) is 38.8 Å². The highest BCUT2D eigenvalue weighted by Gasteiger charge is 2.37. The molecule has 5 rings (SSSR count). The number of nitrogens with zero attached hydrogens (tertiary/aromatic N) is 3. The van der Waals surface area contributed by atoms with Crippen molar-refractivity contribution >= 4 is 32.0 Å². The van der Waals surface area contributed by atoms with Crippen molar-refractivity contribution in [3.05, 3.63) is 42.2 Å². The number of rotatable bonds is 0. The van der Waals surface area contributed by atoms with Crippen LogP contribution in [0.5, 0.6) is 0 Å². The first-order valence-electron chi connectivity index (χ1n) is 6.06. The minimum absolute atomic E-state index is 0.813. The van der Waals surface area contributed by atoms with Crippen LogP contribution >= 0.6 is 11.3 Å². The standard InChI is InChI=1S/C14H8N3OS/c1-3-8-7-17-12-11-9(4-2-6-16-11)19-14(12)18-13(17)10(8)15-5-1/h1-6H,7H2/q+1. The molecule has 0 fully saturated rings. The molecular formula is C14H8N3OS+. The van der Waals surface area contributed by atoms with E-state index >= 15 is 0 Å². The summed E-state index contributed by atoms with van der Waals surface area (Å²) in [6.07, 6.45) is 3.64. The summed E-state index contributed by atoms with van der Waals surface area (Å²) >= 11 is 1.64. The Hall–Kier alpha value is -2.27. The van der Waals surface area contributed by atoms with Crippen molar-refractivity contribution in [1.29, 1.82) is 0 Å². The fourth-order valence-electron chi connectivity index (χ4n) is 2.70. The lowest BCUT2D eigenvalue weighted by atomic mass is 10.2. The molecule has 0 aromatic carbocycles. The Morgan fingerprint density at radius 1 is 1.16 bits per heavy atom. The fraction of sp³-hybridized carbons (Fsp3) is 0.0714. The summed E-state index contributed by atoms with van der Waals surface area (Å²) in [6.45, 7) is 0.813. The Bertz CT molecular complexity index is 954. The van der Waals surface area contributed by atoms with E-state index in [1.54, 1.807) is 11.3 Å². The summed E-state index contributed by atoms with van der Waals surface area (Å²) in [4.78, 5) is 9.85. The second kappa shape index (κ2) is 3.19. The lowest BCUT2D eigenvalue weighted by molar-refractivity contribution is -0.648. The summed E-state index contributed by atoms with van der Waals surface area (Å²) in [6, 6.07) is 8.10. The lowest BCUT2D eigenvalue weighted by Gasteiger charge is -1.88. The molecule has 0 unspecified atom stereocenters. The van der Waals surface area contributed by atoms with Gasteiger partial charge in [-0.25, -0.2) is 9.97 Å². The number of fused-ring (bicyclic) bond motifs is 7. The molecule has 0 saturated carbocycles. The number of hydrogen-bond donors (Lipinski definition) is 0. The van der Waals surface area contributed by atoms with Gasteiger partial charge in [0.1, 0.15) is 0 Å². The highest BCUT2D eigenvalue weighted by atomic mass is 32.1. The van der Waals surface area contributed by atoms with Gasteiger partial charge in [-0.05, 0) is 24.3 Å². The molecule has 0 amide bonds. The molecule has 19 heavy (non-hydrogen) atoms. The van der Waals surface area contributed by atoms with Gasteiger partial charge in [-0.3, -0.25) is 0 Å². The molecule has 0 saturated heterocycles. The van der Waals surface area contributed by atoms with Gasteiger partial charge in [0.05, 0.1) is 10.3 Å². The van der Waals surface area contributed by atoms with E-state index < -0.39 is 0 Å². The highest BCUT2D eigenvalue weighted by molar-refractivity contribution is 7.25. The van der Waals surface area contributed by atoms with E-state index in [9.17, 15) is 0 Å². The largest absolute Gasteiger partial charge is 0.402 e. The van der Waals surface area contributed by atoms with Gasteiger partial charge in [-0.1, -0.05) is 11.3 Å². The van der Waals surface area contributed by atoms with Gasteiger partial charge in [-0.2, -0.15) is 0 Å². The van der Waals surface area contributed by atoms with E-state index in [2.05, 4.69) is 26.7 Å². The zero-order valence-electron chi connectivity index (χ0n) is 9.83. The van der Waals surface area contributed by atoms with Gasteiger partial charge in [0, 0.05) is 12.4 Å². The second-order valence-corrected chi connectivity index (χ2v) is 5.61. The smallest absolute Gasteiger partial charge is 0.385 e. The molecule has 4 aromatic heterocycles. The molecule has 0 radical (unpaired) electrons. The van der Waals surface area contributed by atoms with Crippen LogP contribution in [0.25, 0.3) is 32.2 Å². The van der Waals surface area contributed by atoms with Gasteiger partial charge in [0.25, 0.3) is 10.4 Å². The van der Waals surface area contributed by atoms with Crippen molar-refractivity contribution in [1.82, 2.24) is 9.97 Å². The second-order valence-electron chi connectivity index (χ2n) is 4.59. The maximum absolute atomic E-state index is 6.00. The first-order chi connectivity index (χ1) is 9.42. The van der Waals surface area contributed by atoms with Gasteiger partial charge in [-0.15, -0.1) is 4.57 Å². The molecule has 0 N–H and O–H groups in total. The van der Waals surface area contributed by atoms with E-state index in [-0.39, 0.29) is 0 Å². The predicted octanol–water partition coefficient (Wildman–Crippen LogP) is 2.75. The molecule has 1 aliphatic heterocycles. The zero-order valence-corrected chi connectivity index (χ0v) is 10.6. The average Bonchev–Trinajstić information content (AvgIpc) is 3.05. The van der Waals surface area contributed by atoms with E-state index in [4.69, 9.17) is 4.42 Å². The third kappa shape index (κ3) is 1.11. The molecule has 1 aliphatic rings. The monoisotopic (exact) mass is 266 g/mol. The topological polar surface area (TPSA) is 42.8 Å². The minimum atomic E-state index is 0.813. The molecule has 4 aromatic rings. The summed E-state index contributed by atoms with van der Waals surface area (Å²) in [7, 11) is 0. The number of oxazole rings is 1. The summed E-state index contributed by atoms with van der Waals surface area (Å²) < 4.78 is 9.34. The SMILES string of the molecule is c1cnc2c(c1)C[n+]1c-2oc2sc3cccnc3c21. The van der Waals surface area contributed by atoms with Crippen molar-refractivity contribution < 1.29 is 8.98 Å². The van der Waals surface area contributed by atoms with Crippen molar-refractivity contribution in [2.45, 2.75) is 6.54 Å². The van der Waals surface area contributed by atoms with Gasteiger partial charge < -0.3 is 4.42 Å². The normalized spacial score (nSPS) is 13.1. The predicted molar refractivity (Wildman–Crippen MR) is 71.9 cm³/mol. The Labute approximate surface area is 112 Å². The number of pyridine rings is 2. The number of thiophene rings is 1. The summed E-state index contributed by atoms with van der Waals surface area (Å²) in [5.41, 5.74) is 4.27. The molecule has 0 aliphatic carbocycles. The summed E-state index contributed by atoms with van der Waals surface area (Å²) in [5.74, 6) is 0.851. The van der Waals surface area contributed by atoms with Gasteiger partial charge in [0.2, 0.25) is 0 Å². The van der Waals surface area contributed by atoms with Crippen LogP contribution in [0.15, 0.2) is 41.1 Å². The van der Waals surface area contributed by atoms with Crippen LogP contribution in [0.3, 0.4) is 0 Å². The molecule has 0 atom stereocenters. The van der Waals surface area contributed by atoms with Crippen LogP contribution in [-0.4, -0.2) is 9.97 Å². The lowest BCUT2D eigenvalue weighted by Crippen LogP contribution is -2.30. The molecule has 90 valence electrons. The van der Waals surface area contributed by atoms with Crippen molar-refractivity contribution in [3.63, 3.8) is 0 Å². The Morgan fingerprint density at radius 3 is 3.05 bits per heavy atom. The quantitative estimate of drug-likeness (QED) is 0.405. The first kappa shape index (κ1) is 9.63. The molecule has 5 heteroatoms. The zero-order chi connectivity index (χ0) is 12.4. The van der Waals surface area contributed by atoms with Crippen LogP contribution in [0, 0.1) is 0 Å². The van der Waals surface area contributed by atoms with E-state index in [0.29, 0.717) is 0 Å². The van der Waals surface area contributed by atoms with E-state index in [1.807, 2.05) is 24.5 Å². The maximum Gasteiger partial charge on any atom is 0.402 e. The molecular weight excluding hydrogens is 258 g/mol. The molecule has 0 bridgehead atoms. The van der Waals surface area contributed by atoms with Crippen LogP contribution in [-0.2, 0) is 6.54 Å². The highest BCUT2D eigenvalue weighted by Crippen LogP contribution is 2.36. The molecule has 5 heterocycles. The fourth-order valence-corrected chi connectivity index (χ4v) is 3.72. The van der Waals surface area contributed by atoms with E-state index in [1.165, 1.54) is 5.56 Å². The third-order valence-corrected chi connectivity index (χ3v) is 4.53. The molecule has 0 spiro atoms. The van der Waals surface area contributed by atoms with Gasteiger partial charge in [0.15, 0.2) is 17.8 Å². The van der Waals surface area contributed by atoms with Crippen molar-refractivity contribution in [2.24, 2.45) is 0 Å². The first-order valence-corrected chi connectivity index (χ1v) is 6.87. The van der Waals surface area contributed by atoms with Crippen molar-refractivity contribution in [2.75, 3.05) is 0 Å².